The zero-order valence-electron chi connectivity index (χ0n) is 2.19. The molecule has 0 bridgehead atoms. The molecule has 1 radical (unpaired) electrons. The van der Waals surface area contributed by atoms with Crippen molar-refractivity contribution in [2.75, 3.05) is 6.61 Å². The van der Waals surface area contributed by atoms with Gasteiger partial charge in [0, 0.05) is 6.21 Å². The minimum atomic E-state index is -0.389. The van der Waals surface area contributed by atoms with Gasteiger partial charge in [-0.05, 0) is 0 Å². The molecule has 23 valence electrons. The quantitative estimate of drug-likeness (QED) is 0.414. The Morgan fingerprint density at radius 1 is 2.00 bits per heavy atom. The standard InChI is InChI=1S/C2H4NO/c3-1-2-4/h1,3H,2H2. The van der Waals surface area contributed by atoms with Crippen LogP contribution in [0.5, 0.6) is 0 Å². The Morgan fingerprint density at radius 2 is 2.25 bits per heavy atom. The Balaban J connectivity index is 2.30. The lowest BCUT2D eigenvalue weighted by atomic mass is 10.8. The summed E-state index contributed by atoms with van der Waals surface area (Å²) in [5.41, 5.74) is 0. The van der Waals surface area contributed by atoms with Crippen molar-refractivity contribution in [3.63, 3.8) is 0 Å². The van der Waals surface area contributed by atoms with Gasteiger partial charge >= 0.3 is 0 Å². The van der Waals surface area contributed by atoms with Crippen LogP contribution in [0.4, 0.5) is 0 Å². The van der Waals surface area contributed by atoms with Crippen molar-refractivity contribution in [2.45, 2.75) is 0 Å². The second-order valence-corrected chi connectivity index (χ2v) is 0.371. The molecule has 0 aliphatic carbocycles. The smallest absolute Gasteiger partial charge is 0.117 e. The highest BCUT2D eigenvalue weighted by atomic mass is 16.2. The molecule has 0 fully saturated rings. The summed E-state index contributed by atoms with van der Waals surface area (Å²) in [6, 6.07) is 0. The monoisotopic (exact) mass is 58.0 g/mol. The fourth-order valence-electron chi connectivity index (χ4n) is 0. The van der Waals surface area contributed by atoms with Crippen molar-refractivity contribution in [3.8, 4) is 0 Å². The van der Waals surface area contributed by atoms with E-state index < -0.39 is 0 Å². The fourth-order valence-corrected chi connectivity index (χ4v) is 0. The van der Waals surface area contributed by atoms with Crippen LogP contribution in [0.3, 0.4) is 0 Å². The summed E-state index contributed by atoms with van der Waals surface area (Å²) < 4.78 is 0. The van der Waals surface area contributed by atoms with Gasteiger partial charge in [0.1, 0.15) is 6.61 Å². The van der Waals surface area contributed by atoms with Crippen molar-refractivity contribution in [2.24, 2.45) is 0 Å². The molecule has 0 saturated heterocycles. The Morgan fingerprint density at radius 3 is 2.25 bits per heavy atom. The van der Waals surface area contributed by atoms with E-state index in [-0.39, 0.29) is 6.61 Å². The molecule has 0 aromatic heterocycles. The van der Waals surface area contributed by atoms with E-state index >= 15 is 0 Å². The zero-order chi connectivity index (χ0) is 3.41. The third-order valence-corrected chi connectivity index (χ3v) is 0.0833. The third kappa shape index (κ3) is 1.63. The Bertz CT molecular complexity index is 20.0. The summed E-state index contributed by atoms with van der Waals surface area (Å²) in [7, 11) is 0. The maximum absolute atomic E-state index is 9.06. The van der Waals surface area contributed by atoms with E-state index in [1.54, 1.807) is 0 Å². The van der Waals surface area contributed by atoms with Crippen LogP contribution >= 0.6 is 0 Å². The van der Waals surface area contributed by atoms with Crippen LogP contribution < -0.4 is 0 Å². The molecule has 0 rings (SSSR count). The first-order chi connectivity index (χ1) is 1.91. The van der Waals surface area contributed by atoms with Gasteiger partial charge in [0.05, 0.1) is 0 Å². The molecule has 0 saturated carbocycles. The first-order valence-corrected chi connectivity index (χ1v) is 0.986. The molecule has 0 unspecified atom stereocenters. The summed E-state index contributed by atoms with van der Waals surface area (Å²) in [6.07, 6.45) is 0.819. The second kappa shape index (κ2) is 2.63. The van der Waals surface area contributed by atoms with Gasteiger partial charge < -0.3 is 5.41 Å². The molecule has 4 heavy (non-hydrogen) atoms. The van der Waals surface area contributed by atoms with Crippen molar-refractivity contribution in [1.29, 1.82) is 5.41 Å². The van der Waals surface area contributed by atoms with Gasteiger partial charge in [0.2, 0.25) is 0 Å². The van der Waals surface area contributed by atoms with Gasteiger partial charge in [-0.2, -0.15) is 0 Å². The van der Waals surface area contributed by atoms with E-state index in [4.69, 9.17) is 10.5 Å². The number of hydrogen-bond donors (Lipinski definition) is 1. The molecule has 0 aliphatic heterocycles. The number of nitrogens with one attached hydrogen (secondary N) is 1. The molecule has 0 spiro atoms. The number of rotatable bonds is 1. The predicted octanol–water partition coefficient (Wildman–Crippen LogP) is 0.0665. The van der Waals surface area contributed by atoms with Gasteiger partial charge in [-0.25, -0.2) is 5.11 Å². The van der Waals surface area contributed by atoms with Crippen molar-refractivity contribution >= 4 is 6.21 Å². The van der Waals surface area contributed by atoms with E-state index in [2.05, 4.69) is 0 Å². The molecule has 0 atom stereocenters. The number of hydrogen-bond acceptors (Lipinski definition) is 1. The van der Waals surface area contributed by atoms with E-state index in [1.807, 2.05) is 0 Å². The maximum Gasteiger partial charge on any atom is 0.117 e. The highest BCUT2D eigenvalue weighted by molar-refractivity contribution is 5.53. The van der Waals surface area contributed by atoms with Crippen molar-refractivity contribution in [3.05, 3.63) is 0 Å². The zero-order valence-corrected chi connectivity index (χ0v) is 2.19. The molecule has 0 aromatic rings. The third-order valence-electron chi connectivity index (χ3n) is 0.0833. The molecular weight excluding hydrogens is 54.0 g/mol. The van der Waals surface area contributed by atoms with Crippen LogP contribution in [0, 0.1) is 5.41 Å². The molecule has 0 aromatic carbocycles. The average molecular weight is 58.1 g/mol. The Hall–Kier alpha value is -0.370. The van der Waals surface area contributed by atoms with Gasteiger partial charge in [0.15, 0.2) is 0 Å². The normalized spacial score (nSPS) is 6.25. The van der Waals surface area contributed by atoms with Crippen LogP contribution in [-0.2, 0) is 5.11 Å². The summed E-state index contributed by atoms with van der Waals surface area (Å²) in [6.45, 7) is -0.389. The van der Waals surface area contributed by atoms with E-state index in [9.17, 15) is 0 Å². The molecule has 0 aliphatic rings. The Labute approximate surface area is 24.6 Å². The van der Waals surface area contributed by atoms with Crippen LogP contribution in [0.15, 0.2) is 0 Å². The first kappa shape index (κ1) is 3.63. The molecule has 1 N–H and O–H groups in total. The summed E-state index contributed by atoms with van der Waals surface area (Å²) in [5, 5.41) is 15.1. The lowest BCUT2D eigenvalue weighted by molar-refractivity contribution is 0.248. The van der Waals surface area contributed by atoms with Crippen molar-refractivity contribution < 1.29 is 5.11 Å². The predicted molar refractivity (Wildman–Crippen MR) is 14.3 cm³/mol. The second-order valence-electron chi connectivity index (χ2n) is 0.371. The van der Waals surface area contributed by atoms with Gasteiger partial charge in [-0.3, -0.25) is 0 Å². The lowest BCUT2D eigenvalue weighted by Gasteiger charge is -1.53. The van der Waals surface area contributed by atoms with E-state index in [0.29, 0.717) is 0 Å². The lowest BCUT2D eigenvalue weighted by Crippen LogP contribution is -1.70. The Kier molecular flexibility index (Phi) is 2.39. The molecule has 2 heteroatoms. The van der Waals surface area contributed by atoms with Crippen molar-refractivity contribution in [1.82, 2.24) is 0 Å². The van der Waals surface area contributed by atoms with Gasteiger partial charge in [-0.1, -0.05) is 0 Å². The minimum absolute atomic E-state index is 0.389. The summed E-state index contributed by atoms with van der Waals surface area (Å²) in [4.78, 5) is 0. The molecule has 2 nitrogen and oxygen atoms in total. The average Bonchev–Trinajstić information content (AvgIpc) is 1.37. The first-order valence-electron chi connectivity index (χ1n) is 0.986. The van der Waals surface area contributed by atoms with Crippen LogP contribution in [0.1, 0.15) is 0 Å². The van der Waals surface area contributed by atoms with Crippen LogP contribution in [0.2, 0.25) is 0 Å². The molecular formula is C2H4NO. The van der Waals surface area contributed by atoms with Crippen LogP contribution in [-0.4, -0.2) is 12.8 Å². The largest absolute Gasteiger partial charge is 0.311 e. The highest BCUT2D eigenvalue weighted by Gasteiger charge is 1.51. The SMILES string of the molecule is N=CC[O]. The summed E-state index contributed by atoms with van der Waals surface area (Å²) >= 11 is 0. The van der Waals surface area contributed by atoms with Gasteiger partial charge in [-0.15, -0.1) is 0 Å². The topological polar surface area (TPSA) is 43.8 Å². The molecule has 0 amide bonds. The van der Waals surface area contributed by atoms with Gasteiger partial charge in [0.25, 0.3) is 0 Å². The maximum atomic E-state index is 9.06. The highest BCUT2D eigenvalue weighted by Crippen LogP contribution is 1.32. The fraction of sp³-hybridized carbons (Fsp3) is 0.500. The summed E-state index contributed by atoms with van der Waals surface area (Å²) in [5.74, 6) is 0. The van der Waals surface area contributed by atoms with E-state index in [1.165, 1.54) is 0 Å². The minimum Gasteiger partial charge on any atom is -0.311 e. The molecule has 0 heterocycles. The van der Waals surface area contributed by atoms with Crippen LogP contribution in [0.25, 0.3) is 0 Å². The van der Waals surface area contributed by atoms with E-state index in [0.717, 1.165) is 6.21 Å².